The first kappa shape index (κ1) is 17.8. The molecule has 0 N–H and O–H groups in total. The van der Waals surface area contributed by atoms with Gasteiger partial charge in [0.15, 0.2) is 6.10 Å². The van der Waals surface area contributed by atoms with Crippen molar-refractivity contribution in [2.75, 3.05) is 27.3 Å². The predicted octanol–water partition coefficient (Wildman–Crippen LogP) is 2.27. The van der Waals surface area contributed by atoms with E-state index in [0.717, 1.165) is 25.9 Å². The molecule has 1 aliphatic heterocycles. The average molecular weight is 333 g/mol. The molecule has 1 heterocycles. The summed E-state index contributed by atoms with van der Waals surface area (Å²) in [6.07, 6.45) is 4.08. The topological polar surface area (TPSA) is 65.1 Å². The number of methoxy groups -OCH3 is 2. The third-order valence-corrected chi connectivity index (χ3v) is 3.89. The molecule has 1 aromatic rings. The van der Waals surface area contributed by atoms with Crippen molar-refractivity contribution in [3.05, 3.63) is 29.8 Å². The summed E-state index contributed by atoms with van der Waals surface area (Å²) in [5.41, 5.74) is 0.687. The Balaban J connectivity index is 1.98. The molecule has 1 amide bonds. The SMILES string of the molecule is COc1ccc(OC)c(/C=C/C(=O)O[C@@H](C)C(=O)N2CCCC2)c1. The van der Waals surface area contributed by atoms with Crippen LogP contribution in [0.3, 0.4) is 0 Å². The number of rotatable bonds is 6. The van der Waals surface area contributed by atoms with Crippen LogP contribution in [0.4, 0.5) is 0 Å². The fourth-order valence-electron chi connectivity index (χ4n) is 2.59. The number of nitrogens with zero attached hydrogens (tertiary/aromatic N) is 1. The highest BCUT2D eigenvalue weighted by Gasteiger charge is 2.25. The van der Waals surface area contributed by atoms with Crippen LogP contribution in [0.5, 0.6) is 11.5 Å². The normalized spacial score (nSPS) is 15.4. The molecule has 6 nitrogen and oxygen atoms in total. The maximum atomic E-state index is 12.1. The van der Waals surface area contributed by atoms with Gasteiger partial charge in [-0.3, -0.25) is 4.79 Å². The summed E-state index contributed by atoms with van der Waals surface area (Å²) in [5.74, 6) is 0.551. The second-order valence-corrected chi connectivity index (χ2v) is 5.55. The molecule has 1 saturated heterocycles. The van der Waals surface area contributed by atoms with Crippen LogP contribution >= 0.6 is 0 Å². The Morgan fingerprint density at radius 3 is 2.50 bits per heavy atom. The fraction of sp³-hybridized carbons (Fsp3) is 0.444. The highest BCUT2D eigenvalue weighted by atomic mass is 16.5. The van der Waals surface area contributed by atoms with Gasteiger partial charge in [-0.2, -0.15) is 0 Å². The molecule has 0 aliphatic carbocycles. The Morgan fingerprint density at radius 1 is 1.17 bits per heavy atom. The maximum absolute atomic E-state index is 12.1. The van der Waals surface area contributed by atoms with E-state index in [9.17, 15) is 9.59 Å². The zero-order chi connectivity index (χ0) is 17.5. The second kappa shape index (κ2) is 8.38. The highest BCUT2D eigenvalue weighted by molar-refractivity contribution is 5.90. The van der Waals surface area contributed by atoms with Gasteiger partial charge >= 0.3 is 5.97 Å². The van der Waals surface area contributed by atoms with E-state index in [4.69, 9.17) is 14.2 Å². The summed E-state index contributed by atoms with van der Waals surface area (Å²) in [5, 5.41) is 0. The van der Waals surface area contributed by atoms with Gasteiger partial charge in [0.2, 0.25) is 0 Å². The van der Waals surface area contributed by atoms with Crippen LogP contribution in [0.1, 0.15) is 25.3 Å². The van der Waals surface area contributed by atoms with Gasteiger partial charge in [0.05, 0.1) is 14.2 Å². The molecule has 6 heteroatoms. The van der Waals surface area contributed by atoms with Gasteiger partial charge in [0.1, 0.15) is 11.5 Å². The summed E-state index contributed by atoms with van der Waals surface area (Å²) in [7, 11) is 3.11. The lowest BCUT2D eigenvalue weighted by Gasteiger charge is -2.19. The molecule has 24 heavy (non-hydrogen) atoms. The molecule has 1 fully saturated rings. The number of benzene rings is 1. The molecule has 0 unspecified atom stereocenters. The number of hydrogen-bond donors (Lipinski definition) is 0. The third-order valence-electron chi connectivity index (χ3n) is 3.89. The average Bonchev–Trinajstić information content (AvgIpc) is 3.13. The number of amides is 1. The molecular weight excluding hydrogens is 310 g/mol. The fourth-order valence-corrected chi connectivity index (χ4v) is 2.59. The van der Waals surface area contributed by atoms with Crippen molar-refractivity contribution in [3.8, 4) is 11.5 Å². The molecule has 130 valence electrons. The summed E-state index contributed by atoms with van der Waals surface area (Å²) >= 11 is 0. The van der Waals surface area contributed by atoms with E-state index < -0.39 is 12.1 Å². The van der Waals surface area contributed by atoms with Gasteiger partial charge < -0.3 is 19.1 Å². The molecule has 1 aliphatic rings. The number of esters is 1. The molecule has 0 aromatic heterocycles. The van der Waals surface area contributed by atoms with Crippen LogP contribution in [-0.2, 0) is 14.3 Å². The number of carbonyl (C=O) groups is 2. The van der Waals surface area contributed by atoms with Crippen molar-refractivity contribution in [1.82, 2.24) is 4.90 Å². The Bertz CT molecular complexity index is 620. The first-order valence-electron chi connectivity index (χ1n) is 7.94. The van der Waals surface area contributed by atoms with Crippen LogP contribution in [-0.4, -0.2) is 50.2 Å². The second-order valence-electron chi connectivity index (χ2n) is 5.55. The number of likely N-dealkylation sites (tertiary alicyclic amines) is 1. The third kappa shape index (κ3) is 4.50. The lowest BCUT2D eigenvalue weighted by molar-refractivity contribution is -0.154. The van der Waals surface area contributed by atoms with Crippen LogP contribution in [0, 0.1) is 0 Å². The monoisotopic (exact) mass is 333 g/mol. The van der Waals surface area contributed by atoms with Crippen molar-refractivity contribution in [3.63, 3.8) is 0 Å². The molecule has 1 aromatic carbocycles. The van der Waals surface area contributed by atoms with Crippen LogP contribution in [0.15, 0.2) is 24.3 Å². The molecule has 1 atom stereocenters. The van der Waals surface area contributed by atoms with E-state index in [-0.39, 0.29) is 5.91 Å². The largest absolute Gasteiger partial charge is 0.497 e. The van der Waals surface area contributed by atoms with Crippen molar-refractivity contribution in [2.24, 2.45) is 0 Å². The van der Waals surface area contributed by atoms with Gasteiger partial charge in [0, 0.05) is 24.7 Å². The minimum absolute atomic E-state index is 0.145. The minimum atomic E-state index is -0.785. The Kier molecular flexibility index (Phi) is 6.23. The summed E-state index contributed by atoms with van der Waals surface area (Å²) in [6, 6.07) is 5.27. The van der Waals surface area contributed by atoms with Crippen LogP contribution in [0.2, 0.25) is 0 Å². The Morgan fingerprint density at radius 2 is 1.88 bits per heavy atom. The molecular formula is C18H23NO5. The van der Waals surface area contributed by atoms with Crippen molar-refractivity contribution < 1.29 is 23.8 Å². The van der Waals surface area contributed by atoms with Crippen LogP contribution in [0.25, 0.3) is 6.08 Å². The zero-order valence-corrected chi connectivity index (χ0v) is 14.3. The van der Waals surface area contributed by atoms with E-state index in [1.165, 1.54) is 6.08 Å². The van der Waals surface area contributed by atoms with E-state index in [2.05, 4.69) is 0 Å². The van der Waals surface area contributed by atoms with Crippen molar-refractivity contribution in [1.29, 1.82) is 0 Å². The molecule has 0 saturated carbocycles. The van der Waals surface area contributed by atoms with Gasteiger partial charge in [0.25, 0.3) is 5.91 Å². The van der Waals surface area contributed by atoms with Crippen molar-refractivity contribution in [2.45, 2.75) is 25.9 Å². The lowest BCUT2D eigenvalue weighted by atomic mass is 10.1. The smallest absolute Gasteiger partial charge is 0.331 e. The minimum Gasteiger partial charge on any atom is -0.497 e. The molecule has 0 radical (unpaired) electrons. The summed E-state index contributed by atoms with van der Waals surface area (Å²) in [6.45, 7) is 3.06. The number of carbonyl (C=O) groups excluding carboxylic acids is 2. The lowest BCUT2D eigenvalue weighted by Crippen LogP contribution is -2.37. The quantitative estimate of drug-likeness (QED) is 0.590. The maximum Gasteiger partial charge on any atom is 0.331 e. The standard InChI is InChI=1S/C18H23NO5/c1-13(18(21)19-10-4-5-11-19)24-17(20)9-6-14-12-15(22-2)7-8-16(14)23-3/h6-9,12-13H,4-5,10-11H2,1-3H3/b9-6+/t13-/m0/s1. The van der Waals surface area contributed by atoms with Crippen molar-refractivity contribution >= 4 is 18.0 Å². The van der Waals surface area contributed by atoms with Gasteiger partial charge in [-0.15, -0.1) is 0 Å². The number of hydrogen-bond acceptors (Lipinski definition) is 5. The van der Waals surface area contributed by atoms with Gasteiger partial charge in [-0.05, 0) is 44.0 Å². The first-order chi connectivity index (χ1) is 11.5. The molecule has 2 rings (SSSR count). The molecule has 0 spiro atoms. The zero-order valence-electron chi connectivity index (χ0n) is 14.3. The summed E-state index contributed by atoms with van der Waals surface area (Å²) < 4.78 is 15.6. The number of ether oxygens (including phenoxy) is 3. The summed E-state index contributed by atoms with van der Waals surface area (Å²) in [4.78, 5) is 25.8. The van der Waals surface area contributed by atoms with Crippen LogP contribution < -0.4 is 9.47 Å². The van der Waals surface area contributed by atoms with Gasteiger partial charge in [-0.25, -0.2) is 4.79 Å². The van der Waals surface area contributed by atoms with E-state index in [1.54, 1.807) is 50.3 Å². The van der Waals surface area contributed by atoms with Gasteiger partial charge in [-0.1, -0.05) is 0 Å². The van der Waals surface area contributed by atoms with E-state index >= 15 is 0 Å². The highest BCUT2D eigenvalue weighted by Crippen LogP contribution is 2.25. The van der Waals surface area contributed by atoms with E-state index in [0.29, 0.717) is 17.1 Å². The Hall–Kier alpha value is -2.50. The van der Waals surface area contributed by atoms with E-state index in [1.807, 2.05) is 0 Å². The molecule has 0 bridgehead atoms. The first-order valence-corrected chi connectivity index (χ1v) is 7.94. The Labute approximate surface area is 142 Å². The predicted molar refractivity (Wildman–Crippen MR) is 89.9 cm³/mol.